The number of aromatic nitrogens is 2. The van der Waals surface area contributed by atoms with Gasteiger partial charge >= 0.3 is 0 Å². The fraction of sp³-hybridized carbons (Fsp3) is 0.467. The maximum Gasteiger partial charge on any atom is 0.137 e. The summed E-state index contributed by atoms with van der Waals surface area (Å²) in [4.78, 5) is 12.2. The van der Waals surface area contributed by atoms with E-state index >= 15 is 0 Å². The van der Waals surface area contributed by atoms with Gasteiger partial charge in [0.05, 0.1) is 6.54 Å². The summed E-state index contributed by atoms with van der Waals surface area (Å²) in [6, 6.07) is 4.29. The second-order valence-corrected chi connectivity index (χ2v) is 5.28. The van der Waals surface area contributed by atoms with Crippen molar-refractivity contribution in [3.63, 3.8) is 0 Å². The molecule has 2 heterocycles. The zero-order valence-corrected chi connectivity index (χ0v) is 13.1. The Bertz CT molecular complexity index is 601. The minimum atomic E-state index is 0.280. The summed E-state index contributed by atoms with van der Waals surface area (Å²) < 4.78 is 0. The van der Waals surface area contributed by atoms with Crippen molar-refractivity contribution in [2.24, 2.45) is 10.9 Å². The van der Waals surface area contributed by atoms with E-state index in [1.165, 1.54) is 0 Å². The molecule has 4 N–H and O–H groups in total. The highest BCUT2D eigenvalue weighted by atomic mass is 15.4. The molecule has 0 aliphatic rings. The first-order valence-electron chi connectivity index (χ1n) is 7.24. The molecule has 1 unspecified atom stereocenters. The van der Waals surface area contributed by atoms with Crippen molar-refractivity contribution in [1.29, 1.82) is 0 Å². The highest BCUT2D eigenvalue weighted by Gasteiger charge is 2.13. The molecule has 0 bridgehead atoms. The van der Waals surface area contributed by atoms with Crippen LogP contribution in [0.5, 0.6) is 0 Å². The van der Waals surface area contributed by atoms with E-state index in [1.807, 2.05) is 32.4 Å². The molecule has 2 rings (SSSR count). The number of hydrogen-bond donors (Lipinski definition) is 4. The molecule has 2 aromatic heterocycles. The molecule has 0 aliphatic heterocycles. The van der Waals surface area contributed by atoms with Crippen molar-refractivity contribution >= 4 is 16.9 Å². The zero-order chi connectivity index (χ0) is 15.2. The van der Waals surface area contributed by atoms with Crippen molar-refractivity contribution in [3.05, 3.63) is 30.1 Å². The van der Waals surface area contributed by atoms with Gasteiger partial charge in [0.2, 0.25) is 0 Å². The van der Waals surface area contributed by atoms with Gasteiger partial charge in [-0.3, -0.25) is 15.8 Å². The second-order valence-electron chi connectivity index (χ2n) is 5.28. The maximum atomic E-state index is 4.74. The molecule has 21 heavy (non-hydrogen) atoms. The number of hydrogen-bond acceptors (Lipinski definition) is 4. The third kappa shape index (κ3) is 3.59. The third-order valence-corrected chi connectivity index (χ3v) is 3.53. The van der Waals surface area contributed by atoms with Crippen molar-refractivity contribution < 1.29 is 0 Å². The molecular formula is C15H24N6. The molecule has 1 atom stereocenters. The lowest BCUT2D eigenvalue weighted by atomic mass is 10.1. The molecule has 0 amide bonds. The quantitative estimate of drug-likeness (QED) is 0.367. The van der Waals surface area contributed by atoms with Crippen molar-refractivity contribution in [3.8, 4) is 0 Å². The highest BCUT2D eigenvalue weighted by Crippen LogP contribution is 2.15. The first kappa shape index (κ1) is 15.5. The Morgan fingerprint density at radius 2 is 2.14 bits per heavy atom. The van der Waals surface area contributed by atoms with Crippen molar-refractivity contribution in [2.75, 3.05) is 20.6 Å². The summed E-state index contributed by atoms with van der Waals surface area (Å²) in [5.41, 5.74) is 8.19. The molecule has 0 aliphatic carbocycles. The van der Waals surface area contributed by atoms with E-state index in [9.17, 15) is 0 Å². The van der Waals surface area contributed by atoms with Crippen molar-refractivity contribution in [2.45, 2.75) is 19.9 Å². The van der Waals surface area contributed by atoms with Gasteiger partial charge < -0.3 is 10.3 Å². The number of nitrogens with one attached hydrogen (secondary N) is 4. The summed E-state index contributed by atoms with van der Waals surface area (Å²) in [5.74, 6) is 1.37. The maximum absolute atomic E-state index is 4.74. The lowest BCUT2D eigenvalue weighted by molar-refractivity contribution is 0.373. The van der Waals surface area contributed by atoms with Crippen LogP contribution in [0.2, 0.25) is 0 Å². The number of nitrogens with zero attached hydrogens (tertiary/aromatic N) is 2. The SMILES string of the molecule is CNNC(C/N=C(\NC)c1ccnc2[nH]ccc12)C(C)C. The van der Waals surface area contributed by atoms with Gasteiger partial charge in [0.1, 0.15) is 11.5 Å². The number of aliphatic imine (C=N–C) groups is 1. The molecule has 0 saturated heterocycles. The van der Waals surface area contributed by atoms with Gasteiger partial charge in [-0.1, -0.05) is 13.8 Å². The molecular weight excluding hydrogens is 264 g/mol. The first-order chi connectivity index (χ1) is 10.2. The standard InChI is InChI=1S/C15H24N6/c1-10(2)13(21-17-4)9-20-14(16-3)11-5-7-18-15-12(11)6-8-19-15/h5-8,10,13,17,21H,9H2,1-4H3,(H,16,20)(H,18,19). The van der Waals surface area contributed by atoms with Crippen LogP contribution in [0.25, 0.3) is 11.0 Å². The molecule has 0 radical (unpaired) electrons. The molecule has 0 fully saturated rings. The number of fused-ring (bicyclic) bond motifs is 1. The van der Waals surface area contributed by atoms with E-state index < -0.39 is 0 Å². The Kier molecular flexibility index (Phi) is 5.30. The Hall–Kier alpha value is -1.92. The average Bonchev–Trinajstić information content (AvgIpc) is 2.95. The summed E-state index contributed by atoms with van der Waals surface area (Å²) in [6.45, 7) is 5.06. The van der Waals surface area contributed by atoms with Gasteiger partial charge in [-0.05, 0) is 25.1 Å². The number of rotatable bonds is 6. The fourth-order valence-corrected chi connectivity index (χ4v) is 2.26. The van der Waals surface area contributed by atoms with Crippen LogP contribution in [-0.2, 0) is 0 Å². The van der Waals surface area contributed by atoms with Gasteiger partial charge in [-0.15, -0.1) is 0 Å². The first-order valence-corrected chi connectivity index (χ1v) is 7.24. The van der Waals surface area contributed by atoms with Crippen LogP contribution in [0, 0.1) is 5.92 Å². The van der Waals surface area contributed by atoms with E-state index in [-0.39, 0.29) is 6.04 Å². The number of H-pyrrole nitrogens is 1. The van der Waals surface area contributed by atoms with Crippen molar-refractivity contribution in [1.82, 2.24) is 26.1 Å². The van der Waals surface area contributed by atoms with Gasteiger partial charge in [0.25, 0.3) is 0 Å². The minimum Gasteiger partial charge on any atom is -0.373 e. The van der Waals surface area contributed by atoms with E-state index in [1.54, 1.807) is 6.20 Å². The predicted molar refractivity (Wildman–Crippen MR) is 87.4 cm³/mol. The Labute approximate surface area is 125 Å². The summed E-state index contributed by atoms with van der Waals surface area (Å²) in [5, 5.41) is 4.27. The molecule has 0 spiro atoms. The predicted octanol–water partition coefficient (Wildman–Crippen LogP) is 1.28. The summed E-state index contributed by atoms with van der Waals surface area (Å²) in [7, 11) is 3.78. The molecule has 0 aromatic carbocycles. The smallest absolute Gasteiger partial charge is 0.137 e. The van der Waals surface area contributed by atoms with E-state index in [0.29, 0.717) is 12.5 Å². The highest BCUT2D eigenvalue weighted by molar-refractivity contribution is 6.08. The zero-order valence-electron chi connectivity index (χ0n) is 13.1. The summed E-state index contributed by atoms with van der Waals surface area (Å²) in [6.07, 6.45) is 3.70. The van der Waals surface area contributed by atoms with Crippen LogP contribution >= 0.6 is 0 Å². The second kappa shape index (κ2) is 7.19. The molecule has 0 saturated carbocycles. The third-order valence-electron chi connectivity index (χ3n) is 3.53. The Morgan fingerprint density at radius 3 is 2.81 bits per heavy atom. The van der Waals surface area contributed by atoms with E-state index in [0.717, 1.165) is 22.4 Å². The normalized spacial score (nSPS) is 13.9. The monoisotopic (exact) mass is 288 g/mol. The van der Waals surface area contributed by atoms with Crippen LogP contribution in [-0.4, -0.2) is 42.5 Å². The average molecular weight is 288 g/mol. The topological polar surface area (TPSA) is 77.1 Å². The van der Waals surface area contributed by atoms with Gasteiger partial charge in [0, 0.05) is 36.4 Å². The minimum absolute atomic E-state index is 0.280. The van der Waals surface area contributed by atoms with Gasteiger partial charge in [-0.25, -0.2) is 4.98 Å². The lowest BCUT2D eigenvalue weighted by Crippen LogP contribution is -2.44. The van der Waals surface area contributed by atoms with Crippen LogP contribution < -0.4 is 16.2 Å². The summed E-state index contributed by atoms with van der Waals surface area (Å²) >= 11 is 0. The molecule has 2 aromatic rings. The fourth-order valence-electron chi connectivity index (χ4n) is 2.26. The molecule has 6 nitrogen and oxygen atoms in total. The van der Waals surface area contributed by atoms with Gasteiger partial charge in [0.15, 0.2) is 0 Å². The van der Waals surface area contributed by atoms with Crippen LogP contribution in [0.15, 0.2) is 29.5 Å². The number of amidine groups is 1. The number of aromatic amines is 1. The molecule has 114 valence electrons. The van der Waals surface area contributed by atoms with E-state index in [2.05, 4.69) is 40.0 Å². The van der Waals surface area contributed by atoms with Crippen LogP contribution in [0.3, 0.4) is 0 Å². The van der Waals surface area contributed by atoms with E-state index in [4.69, 9.17) is 4.99 Å². The van der Waals surface area contributed by atoms with Crippen LogP contribution in [0.4, 0.5) is 0 Å². The van der Waals surface area contributed by atoms with Crippen LogP contribution in [0.1, 0.15) is 19.4 Å². The Balaban J connectivity index is 2.26. The van der Waals surface area contributed by atoms with Gasteiger partial charge in [-0.2, -0.15) is 0 Å². The molecule has 6 heteroatoms. The largest absolute Gasteiger partial charge is 0.373 e. The lowest BCUT2D eigenvalue weighted by Gasteiger charge is -2.20. The number of hydrazine groups is 1. The number of pyridine rings is 1. The Morgan fingerprint density at radius 1 is 1.33 bits per heavy atom.